The van der Waals surface area contributed by atoms with Gasteiger partial charge in [0.2, 0.25) is 0 Å². The molecule has 1 fully saturated rings. The molecule has 5 heteroatoms. The first-order valence-corrected chi connectivity index (χ1v) is 5.64. The van der Waals surface area contributed by atoms with E-state index >= 15 is 0 Å². The lowest BCUT2D eigenvalue weighted by atomic mass is 9.99. The van der Waals surface area contributed by atoms with Gasteiger partial charge in [-0.05, 0) is 43.6 Å². The van der Waals surface area contributed by atoms with Crippen LogP contribution in [0.5, 0.6) is 11.5 Å². The molecule has 4 nitrogen and oxygen atoms in total. The Morgan fingerprint density at radius 2 is 2.18 bits per heavy atom. The fourth-order valence-corrected chi connectivity index (χ4v) is 2.46. The molecule has 94 valence electrons. The smallest absolute Gasteiger partial charge is 0.194 e. The summed E-state index contributed by atoms with van der Waals surface area (Å²) in [7, 11) is 1.95. The predicted molar refractivity (Wildman–Crippen MR) is 62.3 cm³/mol. The molecule has 2 atom stereocenters. The lowest BCUT2D eigenvalue weighted by Gasteiger charge is -2.20. The first kappa shape index (κ1) is 12.1. The summed E-state index contributed by atoms with van der Waals surface area (Å²) in [6.45, 7) is 1.47. The van der Waals surface area contributed by atoms with Crippen molar-refractivity contribution in [2.75, 3.05) is 20.1 Å². The van der Waals surface area contributed by atoms with Crippen molar-refractivity contribution >= 4 is 0 Å². The van der Waals surface area contributed by atoms with E-state index in [1.165, 1.54) is 12.1 Å². The van der Waals surface area contributed by atoms with E-state index in [1.807, 2.05) is 7.05 Å². The molecule has 0 bridgehead atoms. The van der Waals surface area contributed by atoms with Gasteiger partial charge in [0.15, 0.2) is 17.3 Å². The van der Waals surface area contributed by atoms with E-state index in [1.54, 1.807) is 0 Å². The average molecular weight is 240 g/mol. The van der Waals surface area contributed by atoms with Crippen molar-refractivity contribution in [3.63, 3.8) is 0 Å². The first-order chi connectivity index (χ1) is 8.02. The van der Waals surface area contributed by atoms with E-state index in [9.17, 15) is 14.6 Å². The highest BCUT2D eigenvalue weighted by Gasteiger charge is 2.30. The van der Waals surface area contributed by atoms with Crippen LogP contribution < -0.4 is 5.73 Å². The van der Waals surface area contributed by atoms with E-state index in [4.69, 9.17) is 5.73 Å². The average Bonchev–Trinajstić information content (AvgIpc) is 2.67. The Morgan fingerprint density at radius 3 is 2.71 bits per heavy atom. The SMILES string of the molecule is CN1CC(CN)CC1c1cc(O)c(O)c(F)c1. The monoisotopic (exact) mass is 240 g/mol. The molecule has 1 aliphatic heterocycles. The van der Waals surface area contributed by atoms with Crippen molar-refractivity contribution in [2.24, 2.45) is 11.7 Å². The number of nitrogens with two attached hydrogens (primary N) is 1. The summed E-state index contributed by atoms with van der Waals surface area (Å²) in [6.07, 6.45) is 0.844. The fourth-order valence-electron chi connectivity index (χ4n) is 2.46. The summed E-state index contributed by atoms with van der Waals surface area (Å²) in [4.78, 5) is 2.09. The lowest BCUT2D eigenvalue weighted by Crippen LogP contribution is -2.20. The minimum absolute atomic E-state index is 0.0459. The van der Waals surface area contributed by atoms with Crippen molar-refractivity contribution in [1.82, 2.24) is 4.90 Å². The van der Waals surface area contributed by atoms with E-state index in [2.05, 4.69) is 4.90 Å². The van der Waals surface area contributed by atoms with E-state index < -0.39 is 17.3 Å². The molecule has 4 N–H and O–H groups in total. The molecule has 0 amide bonds. The summed E-state index contributed by atoms with van der Waals surface area (Å²) < 4.78 is 13.3. The number of nitrogens with zero attached hydrogens (tertiary/aromatic N) is 1. The Bertz CT molecular complexity index is 402. The van der Waals surface area contributed by atoms with Crippen LogP contribution in [0.25, 0.3) is 0 Å². The van der Waals surface area contributed by atoms with Gasteiger partial charge in [0.1, 0.15) is 0 Å². The highest BCUT2D eigenvalue weighted by Crippen LogP contribution is 2.38. The third-order valence-electron chi connectivity index (χ3n) is 3.42. The molecule has 0 aliphatic carbocycles. The Labute approximate surface area is 99.5 Å². The third-order valence-corrected chi connectivity index (χ3v) is 3.42. The number of rotatable bonds is 2. The molecular weight excluding hydrogens is 223 g/mol. The topological polar surface area (TPSA) is 69.7 Å². The number of phenolic OH excluding ortho intramolecular Hbond substituents is 2. The Hall–Kier alpha value is -1.33. The van der Waals surface area contributed by atoms with Crippen molar-refractivity contribution in [1.29, 1.82) is 0 Å². The van der Waals surface area contributed by atoms with Gasteiger partial charge in [-0.25, -0.2) is 4.39 Å². The Kier molecular flexibility index (Phi) is 3.22. The molecule has 1 aliphatic rings. The molecule has 1 aromatic rings. The molecule has 1 aromatic carbocycles. The summed E-state index contributed by atoms with van der Waals surface area (Å²) in [5, 5.41) is 18.6. The van der Waals surface area contributed by atoms with Crippen LogP contribution in [0.1, 0.15) is 18.0 Å². The van der Waals surface area contributed by atoms with Gasteiger partial charge in [0.25, 0.3) is 0 Å². The maximum atomic E-state index is 13.3. The molecule has 0 spiro atoms. The normalized spacial score (nSPS) is 25.4. The Balaban J connectivity index is 2.29. The number of benzene rings is 1. The van der Waals surface area contributed by atoms with Crippen LogP contribution in [-0.4, -0.2) is 35.3 Å². The van der Waals surface area contributed by atoms with E-state index in [-0.39, 0.29) is 6.04 Å². The Morgan fingerprint density at radius 1 is 1.47 bits per heavy atom. The first-order valence-electron chi connectivity index (χ1n) is 5.64. The summed E-state index contributed by atoms with van der Waals surface area (Å²) >= 11 is 0. The molecule has 0 saturated carbocycles. The van der Waals surface area contributed by atoms with Crippen molar-refractivity contribution in [2.45, 2.75) is 12.5 Å². The van der Waals surface area contributed by atoms with Crippen LogP contribution in [0.3, 0.4) is 0 Å². The second-order valence-electron chi connectivity index (χ2n) is 4.66. The highest BCUT2D eigenvalue weighted by molar-refractivity contribution is 5.43. The van der Waals surface area contributed by atoms with Crippen molar-refractivity contribution < 1.29 is 14.6 Å². The molecule has 0 radical (unpaired) electrons. The zero-order chi connectivity index (χ0) is 12.6. The third kappa shape index (κ3) is 2.21. The number of aromatic hydroxyl groups is 2. The lowest BCUT2D eigenvalue weighted by molar-refractivity contribution is 0.310. The van der Waals surface area contributed by atoms with Gasteiger partial charge in [-0.15, -0.1) is 0 Å². The molecule has 2 rings (SSSR count). The van der Waals surface area contributed by atoms with Crippen molar-refractivity contribution in [3.8, 4) is 11.5 Å². The molecule has 2 unspecified atom stereocenters. The maximum Gasteiger partial charge on any atom is 0.194 e. The highest BCUT2D eigenvalue weighted by atomic mass is 19.1. The minimum atomic E-state index is -0.787. The van der Waals surface area contributed by atoms with Gasteiger partial charge >= 0.3 is 0 Å². The number of hydrogen-bond acceptors (Lipinski definition) is 4. The summed E-state index contributed by atoms with van der Waals surface area (Å²) in [6, 6.07) is 2.73. The van der Waals surface area contributed by atoms with Crippen LogP contribution >= 0.6 is 0 Å². The van der Waals surface area contributed by atoms with Gasteiger partial charge in [-0.3, -0.25) is 4.90 Å². The maximum absolute atomic E-state index is 13.3. The summed E-state index contributed by atoms with van der Waals surface area (Å²) in [5.41, 5.74) is 6.31. The van der Waals surface area contributed by atoms with Gasteiger partial charge in [-0.2, -0.15) is 0 Å². The molecule has 1 saturated heterocycles. The predicted octanol–water partition coefficient (Wildman–Crippen LogP) is 1.19. The van der Waals surface area contributed by atoms with Gasteiger partial charge in [0, 0.05) is 12.6 Å². The summed E-state index contributed by atoms with van der Waals surface area (Å²) in [5.74, 6) is -1.50. The second kappa shape index (κ2) is 4.50. The van der Waals surface area contributed by atoms with Gasteiger partial charge in [-0.1, -0.05) is 0 Å². The quantitative estimate of drug-likeness (QED) is 0.679. The number of hydrogen-bond donors (Lipinski definition) is 3. The van der Waals surface area contributed by atoms with Crippen LogP contribution in [0.2, 0.25) is 0 Å². The van der Waals surface area contributed by atoms with Gasteiger partial charge < -0.3 is 15.9 Å². The minimum Gasteiger partial charge on any atom is -0.504 e. The molecule has 0 aromatic heterocycles. The molecular formula is C12H17FN2O2. The van der Waals surface area contributed by atoms with E-state index in [0.29, 0.717) is 18.0 Å². The second-order valence-corrected chi connectivity index (χ2v) is 4.66. The molecule has 1 heterocycles. The standard InChI is InChI=1S/C12H17FN2O2/c1-15-6-7(5-14)2-10(15)8-3-9(13)12(17)11(16)4-8/h3-4,7,10,16-17H,2,5-6,14H2,1H3. The van der Waals surface area contributed by atoms with Crippen LogP contribution in [0.15, 0.2) is 12.1 Å². The largest absolute Gasteiger partial charge is 0.504 e. The van der Waals surface area contributed by atoms with Crippen LogP contribution in [0.4, 0.5) is 4.39 Å². The van der Waals surface area contributed by atoms with Crippen molar-refractivity contribution in [3.05, 3.63) is 23.5 Å². The van der Waals surface area contributed by atoms with Crippen LogP contribution in [-0.2, 0) is 0 Å². The van der Waals surface area contributed by atoms with Crippen LogP contribution in [0, 0.1) is 11.7 Å². The fraction of sp³-hybridized carbons (Fsp3) is 0.500. The number of phenols is 2. The zero-order valence-corrected chi connectivity index (χ0v) is 9.73. The van der Waals surface area contributed by atoms with Gasteiger partial charge in [0.05, 0.1) is 0 Å². The molecule has 17 heavy (non-hydrogen) atoms. The zero-order valence-electron chi connectivity index (χ0n) is 9.73. The number of likely N-dealkylation sites (tertiary alicyclic amines) is 1. The van der Waals surface area contributed by atoms with E-state index in [0.717, 1.165) is 13.0 Å². The number of halogens is 1.